The third kappa shape index (κ3) is 1.99. The number of aliphatic hydroxyl groups excluding tert-OH is 1. The van der Waals surface area contributed by atoms with Gasteiger partial charge in [-0.15, -0.1) is 22.7 Å². The minimum Gasteiger partial charge on any atom is -0.396 e. The van der Waals surface area contributed by atoms with Crippen molar-refractivity contribution in [1.29, 1.82) is 0 Å². The van der Waals surface area contributed by atoms with Gasteiger partial charge in [-0.05, 0) is 6.07 Å². The van der Waals surface area contributed by atoms with E-state index >= 15 is 0 Å². The van der Waals surface area contributed by atoms with Crippen LogP contribution in [0.4, 0.5) is 0 Å². The van der Waals surface area contributed by atoms with E-state index in [0.29, 0.717) is 6.42 Å². The quantitative estimate of drug-likeness (QED) is 0.782. The lowest BCUT2D eigenvalue weighted by atomic mass is 10.1. The van der Waals surface area contributed by atoms with Gasteiger partial charge in [0.05, 0.1) is 10.7 Å². The molecule has 0 aliphatic heterocycles. The molecule has 3 rings (SSSR count). The summed E-state index contributed by atoms with van der Waals surface area (Å²) in [5.41, 5.74) is 2.22. The first-order valence-electron chi connectivity index (χ1n) is 5.40. The number of nitrogens with zero attached hydrogens (tertiary/aromatic N) is 1. The molecule has 3 aromatic rings. The molecule has 0 saturated carbocycles. The summed E-state index contributed by atoms with van der Waals surface area (Å²) in [6, 6.07) is 8.37. The Morgan fingerprint density at radius 1 is 1.12 bits per heavy atom. The van der Waals surface area contributed by atoms with Gasteiger partial charge < -0.3 is 5.11 Å². The molecule has 0 amide bonds. The van der Waals surface area contributed by atoms with Crippen LogP contribution in [0.5, 0.6) is 0 Å². The lowest BCUT2D eigenvalue weighted by Crippen LogP contribution is -1.88. The van der Waals surface area contributed by atoms with Gasteiger partial charge in [-0.25, -0.2) is 4.98 Å². The van der Waals surface area contributed by atoms with Crippen LogP contribution in [0, 0.1) is 0 Å². The second-order valence-electron chi connectivity index (χ2n) is 3.75. The summed E-state index contributed by atoms with van der Waals surface area (Å²) in [5, 5.41) is 15.4. The van der Waals surface area contributed by atoms with E-state index in [1.807, 2.05) is 0 Å². The fraction of sp³-hybridized carbons (Fsp3) is 0.154. The highest BCUT2D eigenvalue weighted by Gasteiger charge is 2.09. The van der Waals surface area contributed by atoms with Crippen molar-refractivity contribution in [3.05, 3.63) is 40.0 Å². The molecule has 2 nitrogen and oxygen atoms in total. The molecule has 0 bridgehead atoms. The minimum absolute atomic E-state index is 0.164. The Bertz CT molecular complexity index is 641. The molecule has 17 heavy (non-hydrogen) atoms. The number of hydrogen-bond acceptors (Lipinski definition) is 4. The largest absolute Gasteiger partial charge is 0.396 e. The maximum Gasteiger partial charge on any atom is 0.0955 e. The van der Waals surface area contributed by atoms with E-state index in [9.17, 15) is 0 Å². The first kappa shape index (κ1) is 10.9. The number of hydrogen-bond donors (Lipinski definition) is 1. The van der Waals surface area contributed by atoms with Gasteiger partial charge in [0.25, 0.3) is 0 Å². The van der Waals surface area contributed by atoms with Crippen molar-refractivity contribution in [2.75, 3.05) is 6.61 Å². The van der Waals surface area contributed by atoms with Crippen LogP contribution in [0.15, 0.2) is 35.0 Å². The fourth-order valence-electron chi connectivity index (χ4n) is 1.82. The van der Waals surface area contributed by atoms with Crippen LogP contribution in [0.25, 0.3) is 21.3 Å². The van der Waals surface area contributed by atoms with E-state index in [1.54, 1.807) is 22.7 Å². The van der Waals surface area contributed by atoms with Crippen molar-refractivity contribution in [1.82, 2.24) is 4.98 Å². The smallest absolute Gasteiger partial charge is 0.0955 e. The number of thiophene rings is 1. The number of aromatic nitrogens is 1. The molecule has 0 fully saturated rings. The van der Waals surface area contributed by atoms with E-state index in [1.165, 1.54) is 15.6 Å². The van der Waals surface area contributed by atoms with Gasteiger partial charge in [0, 0.05) is 39.4 Å². The zero-order valence-electron chi connectivity index (χ0n) is 9.09. The third-order valence-electron chi connectivity index (χ3n) is 2.63. The number of thiazole rings is 1. The molecule has 0 radical (unpaired) electrons. The van der Waals surface area contributed by atoms with E-state index in [4.69, 9.17) is 5.11 Å². The van der Waals surface area contributed by atoms with Crippen LogP contribution in [0.1, 0.15) is 5.01 Å². The summed E-state index contributed by atoms with van der Waals surface area (Å²) in [5.74, 6) is 0. The average molecular weight is 261 g/mol. The van der Waals surface area contributed by atoms with Crippen molar-refractivity contribution in [3.63, 3.8) is 0 Å². The summed E-state index contributed by atoms with van der Waals surface area (Å²) in [6.45, 7) is 0.164. The molecule has 0 spiro atoms. The van der Waals surface area contributed by atoms with Crippen molar-refractivity contribution in [2.45, 2.75) is 6.42 Å². The highest BCUT2D eigenvalue weighted by atomic mass is 32.1. The topological polar surface area (TPSA) is 33.1 Å². The molecule has 0 saturated heterocycles. The van der Waals surface area contributed by atoms with Gasteiger partial charge in [-0.2, -0.15) is 0 Å². The van der Waals surface area contributed by atoms with Gasteiger partial charge in [-0.1, -0.05) is 18.2 Å². The van der Waals surface area contributed by atoms with Crippen LogP contribution in [-0.4, -0.2) is 16.7 Å². The van der Waals surface area contributed by atoms with Crippen molar-refractivity contribution < 1.29 is 5.11 Å². The Labute approximate surface area is 107 Å². The van der Waals surface area contributed by atoms with Crippen LogP contribution in [0.2, 0.25) is 0 Å². The molecule has 0 atom stereocenters. The van der Waals surface area contributed by atoms with Gasteiger partial charge in [-0.3, -0.25) is 0 Å². The van der Waals surface area contributed by atoms with Crippen LogP contribution >= 0.6 is 22.7 Å². The predicted molar refractivity (Wildman–Crippen MR) is 73.7 cm³/mol. The van der Waals surface area contributed by atoms with E-state index in [2.05, 4.69) is 40.0 Å². The average Bonchev–Trinajstić information content (AvgIpc) is 2.95. The standard InChI is InChI=1S/C13H11NOS2/c15-6-5-13-14-11(8-17-13)10-7-16-12-4-2-1-3-9(10)12/h1-4,7-8,15H,5-6H2. The normalized spacial score (nSPS) is 11.1. The molecule has 0 unspecified atom stereocenters. The Morgan fingerprint density at radius 2 is 2.00 bits per heavy atom. The molecule has 1 N–H and O–H groups in total. The summed E-state index contributed by atoms with van der Waals surface area (Å²) < 4.78 is 1.29. The second-order valence-corrected chi connectivity index (χ2v) is 5.60. The number of rotatable bonds is 3. The van der Waals surface area contributed by atoms with E-state index < -0.39 is 0 Å². The van der Waals surface area contributed by atoms with E-state index in [-0.39, 0.29) is 6.61 Å². The van der Waals surface area contributed by atoms with Crippen molar-refractivity contribution in [3.8, 4) is 11.3 Å². The van der Waals surface area contributed by atoms with Gasteiger partial charge in [0.2, 0.25) is 0 Å². The summed E-state index contributed by atoms with van der Waals surface area (Å²) in [6.07, 6.45) is 0.646. The molecule has 4 heteroatoms. The maximum absolute atomic E-state index is 8.90. The van der Waals surface area contributed by atoms with Gasteiger partial charge in [0.15, 0.2) is 0 Å². The lowest BCUT2D eigenvalue weighted by molar-refractivity contribution is 0.299. The molecule has 86 valence electrons. The molecule has 0 aliphatic carbocycles. The number of fused-ring (bicyclic) bond motifs is 1. The summed E-state index contributed by atoms with van der Waals surface area (Å²) in [7, 11) is 0. The van der Waals surface area contributed by atoms with Gasteiger partial charge >= 0.3 is 0 Å². The Morgan fingerprint density at radius 3 is 2.88 bits per heavy atom. The Balaban J connectivity index is 2.07. The monoisotopic (exact) mass is 261 g/mol. The Hall–Kier alpha value is -1.23. The first-order valence-corrected chi connectivity index (χ1v) is 7.16. The van der Waals surface area contributed by atoms with Crippen LogP contribution in [0.3, 0.4) is 0 Å². The zero-order chi connectivity index (χ0) is 11.7. The second kappa shape index (κ2) is 4.56. The molecule has 2 heterocycles. The highest BCUT2D eigenvalue weighted by molar-refractivity contribution is 7.17. The molecular weight excluding hydrogens is 250 g/mol. The first-order chi connectivity index (χ1) is 8.38. The van der Waals surface area contributed by atoms with E-state index in [0.717, 1.165) is 10.7 Å². The molecular formula is C13H11NOS2. The third-order valence-corrected chi connectivity index (χ3v) is 4.51. The fourth-order valence-corrected chi connectivity index (χ4v) is 3.56. The molecule has 1 aromatic carbocycles. The zero-order valence-corrected chi connectivity index (χ0v) is 10.7. The van der Waals surface area contributed by atoms with Crippen LogP contribution in [-0.2, 0) is 6.42 Å². The summed E-state index contributed by atoms with van der Waals surface area (Å²) >= 11 is 3.36. The Kier molecular flexibility index (Phi) is 2.93. The predicted octanol–water partition coefficient (Wildman–Crippen LogP) is 3.56. The van der Waals surface area contributed by atoms with Crippen LogP contribution < -0.4 is 0 Å². The highest BCUT2D eigenvalue weighted by Crippen LogP contribution is 2.34. The molecule has 0 aliphatic rings. The minimum atomic E-state index is 0.164. The SMILES string of the molecule is OCCc1nc(-c2csc3ccccc23)cs1. The van der Waals surface area contributed by atoms with Gasteiger partial charge in [0.1, 0.15) is 0 Å². The summed E-state index contributed by atoms with van der Waals surface area (Å²) in [4.78, 5) is 4.56. The molecule has 2 aromatic heterocycles. The lowest BCUT2D eigenvalue weighted by Gasteiger charge is -1.94. The number of benzene rings is 1. The number of aliphatic hydroxyl groups is 1. The van der Waals surface area contributed by atoms with Crippen molar-refractivity contribution in [2.24, 2.45) is 0 Å². The van der Waals surface area contributed by atoms with Crippen molar-refractivity contribution >= 4 is 32.8 Å². The maximum atomic E-state index is 8.90.